The average molecular weight is 261 g/mol. The van der Waals surface area contributed by atoms with Gasteiger partial charge in [0.25, 0.3) is 0 Å². The molecule has 94 valence electrons. The van der Waals surface area contributed by atoms with Crippen LogP contribution in [0.5, 0.6) is 0 Å². The van der Waals surface area contributed by atoms with Crippen LogP contribution in [-0.4, -0.2) is 8.24 Å². The number of benzene rings is 1. The van der Waals surface area contributed by atoms with Crippen molar-refractivity contribution >= 4 is 19.6 Å². The summed E-state index contributed by atoms with van der Waals surface area (Å²) in [5.74, 6) is 0. The van der Waals surface area contributed by atoms with Crippen LogP contribution in [0.3, 0.4) is 0 Å². The van der Waals surface area contributed by atoms with E-state index in [2.05, 4.69) is 30.6 Å². The lowest BCUT2D eigenvalue weighted by Gasteiger charge is -2.31. The molecule has 1 aromatic carbocycles. The minimum absolute atomic E-state index is 0.569. The number of anilines is 2. The number of hydrazine groups is 2. The molecule has 0 saturated carbocycles. The van der Waals surface area contributed by atoms with Crippen molar-refractivity contribution in [2.75, 3.05) is 10.1 Å². The zero-order chi connectivity index (χ0) is 12.8. The zero-order valence-corrected chi connectivity index (χ0v) is 10.8. The SMILES string of the molecule is C[Si](C)(C)N1NNc2ccc(C(F)(F)F)cc21. The van der Waals surface area contributed by atoms with E-state index < -0.39 is 20.0 Å². The van der Waals surface area contributed by atoms with Gasteiger partial charge in [-0.05, 0) is 18.2 Å². The van der Waals surface area contributed by atoms with Crippen LogP contribution in [0.25, 0.3) is 0 Å². The van der Waals surface area contributed by atoms with Crippen LogP contribution in [0, 0.1) is 0 Å². The highest BCUT2D eigenvalue weighted by molar-refractivity contribution is 6.79. The summed E-state index contributed by atoms with van der Waals surface area (Å²) >= 11 is 0. The number of nitrogens with zero attached hydrogens (tertiary/aromatic N) is 1. The van der Waals surface area contributed by atoms with E-state index in [0.717, 1.165) is 6.07 Å². The van der Waals surface area contributed by atoms with Gasteiger partial charge >= 0.3 is 6.18 Å². The molecule has 2 rings (SSSR count). The highest BCUT2D eigenvalue weighted by Crippen LogP contribution is 2.38. The first-order valence-corrected chi connectivity index (χ1v) is 8.67. The van der Waals surface area contributed by atoms with E-state index in [0.29, 0.717) is 11.4 Å². The first-order chi connectivity index (χ1) is 7.69. The number of hydrogen-bond acceptors (Lipinski definition) is 3. The third-order valence-electron chi connectivity index (χ3n) is 2.54. The zero-order valence-electron chi connectivity index (χ0n) is 9.81. The van der Waals surface area contributed by atoms with Crippen molar-refractivity contribution in [1.29, 1.82) is 0 Å². The van der Waals surface area contributed by atoms with Gasteiger partial charge < -0.3 is 10.1 Å². The molecule has 0 spiro atoms. The number of rotatable bonds is 1. The fourth-order valence-corrected chi connectivity index (χ4v) is 3.00. The van der Waals surface area contributed by atoms with Crippen molar-refractivity contribution in [1.82, 2.24) is 5.53 Å². The Morgan fingerprint density at radius 2 is 1.82 bits per heavy atom. The van der Waals surface area contributed by atoms with E-state index in [9.17, 15) is 13.2 Å². The van der Waals surface area contributed by atoms with E-state index >= 15 is 0 Å². The number of halogens is 3. The molecular formula is C10H14F3N3Si. The van der Waals surface area contributed by atoms with Crippen LogP contribution in [0.15, 0.2) is 18.2 Å². The molecule has 0 unspecified atom stereocenters. The lowest BCUT2D eigenvalue weighted by molar-refractivity contribution is -0.137. The molecule has 1 aliphatic rings. The molecule has 7 heteroatoms. The van der Waals surface area contributed by atoms with Crippen LogP contribution < -0.4 is 15.6 Å². The molecule has 0 aromatic heterocycles. The Labute approximate surface area is 98.6 Å². The molecule has 0 saturated heterocycles. The third-order valence-corrected chi connectivity index (χ3v) is 4.23. The maximum absolute atomic E-state index is 12.6. The summed E-state index contributed by atoms with van der Waals surface area (Å²) < 4.78 is 39.7. The summed E-state index contributed by atoms with van der Waals surface area (Å²) in [7, 11) is -1.77. The molecule has 0 radical (unpaired) electrons. The van der Waals surface area contributed by atoms with E-state index in [1.807, 2.05) is 4.67 Å². The molecule has 0 fully saturated rings. The molecule has 1 heterocycles. The van der Waals surface area contributed by atoms with Gasteiger partial charge in [0.05, 0.1) is 16.9 Å². The predicted octanol–water partition coefficient (Wildman–Crippen LogP) is 3.19. The molecule has 1 aliphatic heterocycles. The van der Waals surface area contributed by atoms with Gasteiger partial charge in [0.1, 0.15) is 0 Å². The van der Waals surface area contributed by atoms with Crippen molar-refractivity contribution in [3.63, 3.8) is 0 Å². The van der Waals surface area contributed by atoms with Gasteiger partial charge in [-0.15, -0.1) is 0 Å². The molecule has 0 bridgehead atoms. The van der Waals surface area contributed by atoms with E-state index in [4.69, 9.17) is 0 Å². The molecule has 17 heavy (non-hydrogen) atoms. The normalized spacial score (nSPS) is 15.8. The Bertz CT molecular complexity index is 439. The largest absolute Gasteiger partial charge is 0.416 e. The summed E-state index contributed by atoms with van der Waals surface area (Å²) in [6.45, 7) is 6.16. The van der Waals surface area contributed by atoms with Crippen molar-refractivity contribution in [2.45, 2.75) is 25.8 Å². The van der Waals surface area contributed by atoms with Crippen LogP contribution in [0.1, 0.15) is 5.56 Å². The summed E-state index contributed by atoms with van der Waals surface area (Å²) in [5, 5.41) is 0. The second kappa shape index (κ2) is 3.64. The van der Waals surface area contributed by atoms with Gasteiger partial charge in [-0.1, -0.05) is 19.6 Å². The van der Waals surface area contributed by atoms with Crippen molar-refractivity contribution in [3.05, 3.63) is 23.8 Å². The maximum atomic E-state index is 12.6. The van der Waals surface area contributed by atoms with E-state index in [1.54, 1.807) is 0 Å². The van der Waals surface area contributed by atoms with Crippen molar-refractivity contribution in [3.8, 4) is 0 Å². The first kappa shape index (κ1) is 12.2. The topological polar surface area (TPSA) is 27.3 Å². The Morgan fingerprint density at radius 1 is 1.18 bits per heavy atom. The van der Waals surface area contributed by atoms with Gasteiger partial charge in [-0.25, -0.2) is 0 Å². The lowest BCUT2D eigenvalue weighted by atomic mass is 10.2. The minimum Gasteiger partial charge on any atom is -0.317 e. The van der Waals surface area contributed by atoms with Gasteiger partial charge in [0.2, 0.25) is 0 Å². The first-order valence-electron chi connectivity index (χ1n) is 5.23. The van der Waals surface area contributed by atoms with Crippen LogP contribution >= 0.6 is 0 Å². The Hall–Kier alpha value is -1.21. The second-order valence-corrected chi connectivity index (χ2v) is 9.76. The summed E-state index contributed by atoms with van der Waals surface area (Å²) in [5.41, 5.74) is 6.43. The van der Waals surface area contributed by atoms with Crippen LogP contribution in [-0.2, 0) is 6.18 Å². The number of nitrogens with one attached hydrogen (secondary N) is 2. The monoisotopic (exact) mass is 261 g/mol. The van der Waals surface area contributed by atoms with Gasteiger partial charge in [0, 0.05) is 0 Å². The summed E-state index contributed by atoms with van der Waals surface area (Å²) in [4.78, 5) is 0. The average Bonchev–Trinajstić information content (AvgIpc) is 2.57. The molecule has 3 nitrogen and oxygen atoms in total. The second-order valence-electron chi connectivity index (χ2n) is 4.97. The fourth-order valence-electron chi connectivity index (χ4n) is 1.70. The molecule has 2 N–H and O–H groups in total. The molecule has 0 amide bonds. The van der Waals surface area contributed by atoms with Gasteiger partial charge in [-0.2, -0.15) is 18.7 Å². The Kier molecular flexibility index (Phi) is 2.62. The van der Waals surface area contributed by atoms with Gasteiger partial charge in [0.15, 0.2) is 8.24 Å². The third kappa shape index (κ3) is 2.25. The summed E-state index contributed by atoms with van der Waals surface area (Å²) in [6, 6.07) is 3.72. The van der Waals surface area contributed by atoms with Gasteiger partial charge in [-0.3, -0.25) is 0 Å². The molecular weight excluding hydrogens is 247 g/mol. The molecule has 0 atom stereocenters. The molecule has 1 aromatic rings. The van der Waals surface area contributed by atoms with Crippen molar-refractivity contribution < 1.29 is 13.2 Å². The lowest BCUT2D eigenvalue weighted by Crippen LogP contribution is -2.53. The van der Waals surface area contributed by atoms with E-state index in [1.165, 1.54) is 12.1 Å². The van der Waals surface area contributed by atoms with E-state index in [-0.39, 0.29) is 0 Å². The van der Waals surface area contributed by atoms with Crippen LogP contribution in [0.4, 0.5) is 24.5 Å². The standard InChI is InChI=1S/C10H14F3N3Si/c1-17(2,3)16-9-6-7(10(11,12)13)4-5-8(9)14-15-16/h4-6,14-15H,1-3H3. The maximum Gasteiger partial charge on any atom is 0.416 e. The Balaban J connectivity index is 2.45. The summed E-state index contributed by atoms with van der Waals surface area (Å²) in [6.07, 6.45) is -4.30. The minimum atomic E-state index is -4.30. The van der Waals surface area contributed by atoms with Crippen LogP contribution in [0.2, 0.25) is 19.6 Å². The highest BCUT2D eigenvalue weighted by atomic mass is 28.3. The quantitative estimate of drug-likeness (QED) is 0.760. The number of fused-ring (bicyclic) bond motifs is 1. The Morgan fingerprint density at radius 3 is 2.35 bits per heavy atom. The number of alkyl halides is 3. The number of hydrogen-bond donors (Lipinski definition) is 2. The molecule has 0 aliphatic carbocycles. The predicted molar refractivity (Wildman–Crippen MR) is 64.0 cm³/mol. The fraction of sp³-hybridized carbons (Fsp3) is 0.400. The van der Waals surface area contributed by atoms with Crippen molar-refractivity contribution in [2.24, 2.45) is 0 Å². The smallest absolute Gasteiger partial charge is 0.317 e. The highest BCUT2D eigenvalue weighted by Gasteiger charge is 2.35.